The predicted molar refractivity (Wildman–Crippen MR) is 102 cm³/mol. The second-order valence-corrected chi connectivity index (χ2v) is 6.87. The van der Waals surface area contributed by atoms with Gasteiger partial charge in [0.1, 0.15) is 5.52 Å². The van der Waals surface area contributed by atoms with Crippen LogP contribution in [0.3, 0.4) is 0 Å². The van der Waals surface area contributed by atoms with Crippen LogP contribution in [0.4, 0.5) is 10.8 Å². The van der Waals surface area contributed by atoms with Crippen molar-refractivity contribution in [1.29, 1.82) is 0 Å². The molecule has 1 aromatic heterocycles. The number of halogens is 2. The molecule has 0 radical (unpaired) electrons. The number of nitrogens with one attached hydrogen (secondary N) is 1. The van der Waals surface area contributed by atoms with E-state index in [1.165, 1.54) is 23.5 Å². The quantitative estimate of drug-likeness (QED) is 0.461. The van der Waals surface area contributed by atoms with Crippen LogP contribution in [0.2, 0.25) is 10.0 Å². The number of fused-ring (bicyclic) bond motifs is 1. The van der Waals surface area contributed by atoms with Crippen LogP contribution in [-0.4, -0.2) is 22.4 Å². The number of nitro groups is 1. The molecule has 0 aliphatic heterocycles. The van der Waals surface area contributed by atoms with Crippen LogP contribution in [-0.2, 0) is 0 Å². The van der Waals surface area contributed by atoms with E-state index in [4.69, 9.17) is 27.9 Å². The van der Waals surface area contributed by atoms with Crippen molar-refractivity contribution < 1.29 is 14.5 Å². The molecular weight excluding hydrogens is 401 g/mol. The number of nitro benzene ring substituents is 1. The molecular formula is C16H11Cl2N3O4S. The minimum atomic E-state index is -0.596. The highest BCUT2D eigenvalue weighted by Gasteiger charge is 2.19. The number of thiazole rings is 1. The van der Waals surface area contributed by atoms with E-state index in [-0.39, 0.29) is 23.6 Å². The summed E-state index contributed by atoms with van der Waals surface area (Å²) in [5, 5.41) is 14.8. The van der Waals surface area contributed by atoms with Gasteiger partial charge in [0.25, 0.3) is 5.91 Å². The van der Waals surface area contributed by atoms with Crippen LogP contribution in [0.5, 0.6) is 5.75 Å². The van der Waals surface area contributed by atoms with Gasteiger partial charge < -0.3 is 4.74 Å². The SMILES string of the molecule is CCOc1ccc(C(=O)Nc2nc3c(Cl)c(Cl)ccc3s2)cc1[N+](=O)[O-]. The smallest absolute Gasteiger partial charge is 0.311 e. The fraction of sp³-hybridized carbons (Fsp3) is 0.125. The van der Waals surface area contributed by atoms with Crippen LogP contribution < -0.4 is 10.1 Å². The van der Waals surface area contributed by atoms with E-state index < -0.39 is 10.8 Å². The Morgan fingerprint density at radius 1 is 1.35 bits per heavy atom. The molecule has 10 heteroatoms. The maximum Gasteiger partial charge on any atom is 0.311 e. The average Bonchev–Trinajstić information content (AvgIpc) is 3.02. The van der Waals surface area contributed by atoms with Gasteiger partial charge in [-0.25, -0.2) is 4.98 Å². The van der Waals surface area contributed by atoms with Crippen molar-refractivity contribution in [3.8, 4) is 5.75 Å². The van der Waals surface area contributed by atoms with Gasteiger partial charge >= 0.3 is 5.69 Å². The largest absolute Gasteiger partial charge is 0.487 e. The van der Waals surface area contributed by atoms with Gasteiger partial charge in [-0.15, -0.1) is 0 Å². The summed E-state index contributed by atoms with van der Waals surface area (Å²) in [4.78, 5) is 27.3. The highest BCUT2D eigenvalue weighted by Crippen LogP contribution is 2.35. The van der Waals surface area contributed by atoms with Crippen molar-refractivity contribution in [3.63, 3.8) is 0 Å². The number of amides is 1. The molecule has 0 atom stereocenters. The van der Waals surface area contributed by atoms with Crippen LogP contribution in [0.1, 0.15) is 17.3 Å². The molecule has 0 spiro atoms. The van der Waals surface area contributed by atoms with E-state index in [0.29, 0.717) is 20.7 Å². The molecule has 0 unspecified atom stereocenters. The molecule has 0 aliphatic rings. The van der Waals surface area contributed by atoms with Gasteiger partial charge in [0, 0.05) is 11.6 Å². The van der Waals surface area contributed by atoms with Crippen molar-refractivity contribution in [1.82, 2.24) is 4.98 Å². The zero-order chi connectivity index (χ0) is 18.8. The molecule has 7 nitrogen and oxygen atoms in total. The zero-order valence-corrected chi connectivity index (χ0v) is 15.6. The minimum Gasteiger partial charge on any atom is -0.487 e. The number of carbonyl (C=O) groups is 1. The Kier molecular flexibility index (Phi) is 5.26. The van der Waals surface area contributed by atoms with Crippen molar-refractivity contribution in [3.05, 3.63) is 56.1 Å². The highest BCUT2D eigenvalue weighted by atomic mass is 35.5. The van der Waals surface area contributed by atoms with E-state index in [2.05, 4.69) is 10.3 Å². The maximum atomic E-state index is 12.4. The predicted octanol–water partition coefficient (Wildman–Crippen LogP) is 5.16. The molecule has 3 rings (SSSR count). The Morgan fingerprint density at radius 2 is 2.12 bits per heavy atom. The zero-order valence-electron chi connectivity index (χ0n) is 13.3. The third-order valence-electron chi connectivity index (χ3n) is 3.39. The molecule has 26 heavy (non-hydrogen) atoms. The number of hydrogen-bond donors (Lipinski definition) is 1. The molecule has 2 aromatic carbocycles. The van der Waals surface area contributed by atoms with Gasteiger partial charge in [-0.1, -0.05) is 34.5 Å². The number of hydrogen-bond acceptors (Lipinski definition) is 6. The second-order valence-electron chi connectivity index (χ2n) is 5.05. The molecule has 3 aromatic rings. The van der Waals surface area contributed by atoms with Gasteiger partial charge in [-0.3, -0.25) is 20.2 Å². The third kappa shape index (κ3) is 3.57. The first kappa shape index (κ1) is 18.4. The lowest BCUT2D eigenvalue weighted by Crippen LogP contribution is -2.12. The monoisotopic (exact) mass is 411 g/mol. The third-order valence-corrected chi connectivity index (χ3v) is 5.12. The van der Waals surface area contributed by atoms with E-state index >= 15 is 0 Å². The lowest BCUT2D eigenvalue weighted by atomic mass is 10.2. The van der Waals surface area contributed by atoms with E-state index in [0.717, 1.165) is 10.8 Å². The summed E-state index contributed by atoms with van der Waals surface area (Å²) < 4.78 is 5.96. The first-order valence-corrected chi connectivity index (χ1v) is 8.95. The van der Waals surface area contributed by atoms with Gasteiger partial charge in [0.2, 0.25) is 0 Å². The number of aromatic nitrogens is 1. The fourth-order valence-corrected chi connectivity index (χ4v) is 3.52. The lowest BCUT2D eigenvalue weighted by Gasteiger charge is -2.06. The Hall–Kier alpha value is -2.42. The average molecular weight is 412 g/mol. The summed E-state index contributed by atoms with van der Waals surface area (Å²) in [6.45, 7) is 2.00. The van der Waals surface area contributed by atoms with Crippen LogP contribution in [0, 0.1) is 10.1 Å². The standard InChI is InChI=1S/C16H11Cl2N3O4S/c1-2-25-11-5-3-8(7-10(11)21(23)24)15(22)20-16-19-14-12(26-16)6-4-9(17)13(14)18/h3-7H,2H2,1H3,(H,19,20,22). The Morgan fingerprint density at radius 3 is 2.81 bits per heavy atom. The molecule has 1 amide bonds. The molecule has 1 N–H and O–H groups in total. The van der Waals surface area contributed by atoms with Gasteiger partial charge in [-0.2, -0.15) is 0 Å². The molecule has 0 fully saturated rings. The first-order valence-electron chi connectivity index (χ1n) is 7.37. The summed E-state index contributed by atoms with van der Waals surface area (Å²) in [7, 11) is 0. The minimum absolute atomic E-state index is 0.107. The van der Waals surface area contributed by atoms with Crippen LogP contribution in [0.25, 0.3) is 10.2 Å². The molecule has 1 heterocycles. The fourth-order valence-electron chi connectivity index (χ4n) is 2.24. The van der Waals surface area contributed by atoms with Crippen molar-refractivity contribution in [2.24, 2.45) is 0 Å². The van der Waals surface area contributed by atoms with Crippen molar-refractivity contribution >= 4 is 61.5 Å². The Labute approximate surface area is 161 Å². The van der Waals surface area contributed by atoms with Crippen molar-refractivity contribution in [2.45, 2.75) is 6.92 Å². The van der Waals surface area contributed by atoms with Crippen LogP contribution in [0.15, 0.2) is 30.3 Å². The van der Waals surface area contributed by atoms with Gasteiger partial charge in [-0.05, 0) is 31.2 Å². The van der Waals surface area contributed by atoms with E-state index in [1.807, 2.05) is 0 Å². The summed E-state index contributed by atoms with van der Waals surface area (Å²) in [5.74, 6) is -0.423. The summed E-state index contributed by atoms with van der Waals surface area (Å²) in [6.07, 6.45) is 0. The van der Waals surface area contributed by atoms with E-state index in [1.54, 1.807) is 19.1 Å². The van der Waals surface area contributed by atoms with Gasteiger partial charge in [0.05, 0.1) is 26.3 Å². The lowest BCUT2D eigenvalue weighted by molar-refractivity contribution is -0.385. The normalized spacial score (nSPS) is 10.7. The van der Waals surface area contributed by atoms with Crippen molar-refractivity contribution in [2.75, 3.05) is 11.9 Å². The molecule has 0 saturated heterocycles. The number of nitrogens with zero attached hydrogens (tertiary/aromatic N) is 2. The first-order chi connectivity index (χ1) is 12.4. The second kappa shape index (κ2) is 7.45. The number of ether oxygens (including phenoxy) is 1. The highest BCUT2D eigenvalue weighted by molar-refractivity contribution is 7.22. The number of rotatable bonds is 5. The number of benzene rings is 2. The molecule has 0 saturated carbocycles. The Balaban J connectivity index is 1.89. The Bertz CT molecular complexity index is 1020. The molecule has 134 valence electrons. The number of carbonyl (C=O) groups excluding carboxylic acids is 1. The summed E-state index contributed by atoms with van der Waals surface area (Å²) in [5.41, 5.74) is 0.319. The van der Waals surface area contributed by atoms with E-state index in [9.17, 15) is 14.9 Å². The maximum absolute atomic E-state index is 12.4. The topological polar surface area (TPSA) is 94.4 Å². The van der Waals surface area contributed by atoms with Crippen LogP contribution >= 0.6 is 34.5 Å². The molecule has 0 bridgehead atoms. The van der Waals surface area contributed by atoms with Gasteiger partial charge in [0.15, 0.2) is 10.9 Å². The summed E-state index contributed by atoms with van der Waals surface area (Å²) in [6, 6.07) is 7.40. The summed E-state index contributed by atoms with van der Waals surface area (Å²) >= 11 is 13.3. The molecule has 0 aliphatic carbocycles. The number of anilines is 1.